The molecule has 1 heterocycles. The second kappa shape index (κ2) is 3.81. The van der Waals surface area contributed by atoms with Crippen LogP contribution in [0, 0.1) is 0 Å². The van der Waals surface area contributed by atoms with E-state index in [9.17, 15) is 0 Å². The maximum absolute atomic E-state index is 4.39. The Morgan fingerprint density at radius 2 is 2.07 bits per heavy atom. The summed E-state index contributed by atoms with van der Waals surface area (Å²) < 4.78 is 2.44. The summed E-state index contributed by atoms with van der Waals surface area (Å²) in [6.07, 6.45) is 5.32. The molecule has 82 valence electrons. The third-order valence-corrected chi connectivity index (χ3v) is 3.95. The Balaban J connectivity index is 1.85. The topological polar surface area (TPSA) is 30.7 Å². The first kappa shape index (κ1) is 9.70. The predicted octanol–water partition coefficient (Wildman–Crippen LogP) is 2.74. The van der Waals surface area contributed by atoms with E-state index in [1.807, 2.05) is 11.8 Å². The summed E-state index contributed by atoms with van der Waals surface area (Å²) in [5.41, 5.74) is 0. The van der Waals surface area contributed by atoms with Gasteiger partial charge in [0.05, 0.1) is 5.75 Å². The lowest BCUT2D eigenvalue weighted by molar-refractivity contribution is 0.661. The van der Waals surface area contributed by atoms with Crippen LogP contribution in [0.2, 0.25) is 0 Å². The van der Waals surface area contributed by atoms with Gasteiger partial charge in [0.25, 0.3) is 0 Å². The number of hydrogen-bond donors (Lipinski definition) is 0. The molecule has 2 aliphatic carbocycles. The minimum absolute atomic E-state index is 0.735. The number of thioether (sulfide) groups is 1. The second-order valence-electron chi connectivity index (χ2n) is 4.49. The van der Waals surface area contributed by atoms with Gasteiger partial charge in [0.1, 0.15) is 11.6 Å². The lowest BCUT2D eigenvalue weighted by Gasteiger charge is -2.07. The van der Waals surface area contributed by atoms with Crippen molar-refractivity contribution in [1.82, 2.24) is 14.8 Å². The third-order valence-electron chi connectivity index (χ3n) is 3.08. The van der Waals surface area contributed by atoms with Crippen LogP contribution in [0.15, 0.2) is 0 Å². The smallest absolute Gasteiger partial charge is 0.143 e. The highest BCUT2D eigenvalue weighted by Gasteiger charge is 2.35. The molecule has 0 atom stereocenters. The lowest BCUT2D eigenvalue weighted by atomic mass is 10.4. The molecule has 2 fully saturated rings. The van der Waals surface area contributed by atoms with Crippen LogP contribution < -0.4 is 0 Å². The van der Waals surface area contributed by atoms with Crippen LogP contribution in [0.5, 0.6) is 0 Å². The molecule has 0 N–H and O–H groups in total. The van der Waals surface area contributed by atoms with Crippen LogP contribution in [0.4, 0.5) is 0 Å². The molecule has 0 aromatic carbocycles. The quantitative estimate of drug-likeness (QED) is 0.769. The van der Waals surface area contributed by atoms with E-state index >= 15 is 0 Å². The molecule has 0 bridgehead atoms. The van der Waals surface area contributed by atoms with Crippen molar-refractivity contribution in [3.8, 4) is 0 Å². The predicted molar refractivity (Wildman–Crippen MR) is 62.1 cm³/mol. The first-order valence-corrected chi connectivity index (χ1v) is 7.07. The van der Waals surface area contributed by atoms with Crippen molar-refractivity contribution in [3.63, 3.8) is 0 Å². The number of hydrogen-bond acceptors (Lipinski definition) is 3. The monoisotopic (exact) mass is 223 g/mol. The van der Waals surface area contributed by atoms with Crippen LogP contribution in [0.1, 0.15) is 56.2 Å². The Bertz CT molecular complexity index is 353. The molecule has 3 rings (SSSR count). The van der Waals surface area contributed by atoms with Crippen molar-refractivity contribution in [2.75, 3.05) is 5.75 Å². The molecular weight excluding hydrogens is 206 g/mol. The van der Waals surface area contributed by atoms with E-state index in [1.165, 1.54) is 37.3 Å². The Hall–Kier alpha value is -0.510. The lowest BCUT2D eigenvalue weighted by Crippen LogP contribution is -2.04. The van der Waals surface area contributed by atoms with E-state index in [2.05, 4.69) is 21.7 Å². The molecule has 0 saturated heterocycles. The van der Waals surface area contributed by atoms with E-state index in [4.69, 9.17) is 0 Å². The molecule has 2 saturated carbocycles. The first-order chi connectivity index (χ1) is 7.40. The second-order valence-corrected chi connectivity index (χ2v) is 5.76. The van der Waals surface area contributed by atoms with Gasteiger partial charge in [-0.25, -0.2) is 0 Å². The molecule has 0 unspecified atom stereocenters. The minimum Gasteiger partial charge on any atom is -0.311 e. The van der Waals surface area contributed by atoms with Gasteiger partial charge in [-0.1, -0.05) is 6.92 Å². The Morgan fingerprint density at radius 1 is 1.27 bits per heavy atom. The summed E-state index contributed by atoms with van der Waals surface area (Å²) in [6, 6.07) is 0.739. The zero-order valence-corrected chi connectivity index (χ0v) is 9.96. The van der Waals surface area contributed by atoms with Gasteiger partial charge in [0, 0.05) is 12.0 Å². The molecule has 1 aromatic rings. The molecule has 2 aliphatic rings. The van der Waals surface area contributed by atoms with Gasteiger partial charge >= 0.3 is 0 Å². The number of nitrogens with zero attached hydrogens (tertiary/aromatic N) is 3. The van der Waals surface area contributed by atoms with Gasteiger partial charge in [0.15, 0.2) is 0 Å². The van der Waals surface area contributed by atoms with Crippen LogP contribution in [-0.4, -0.2) is 20.5 Å². The highest BCUT2D eigenvalue weighted by atomic mass is 32.2. The Labute approximate surface area is 94.7 Å². The standard InChI is InChI=1S/C11H17N3S/c1-2-15-7-10-12-13-11(8-3-4-8)14(10)9-5-6-9/h8-9H,2-7H2,1H3. The van der Waals surface area contributed by atoms with Gasteiger partial charge in [0.2, 0.25) is 0 Å². The first-order valence-electron chi connectivity index (χ1n) is 5.91. The van der Waals surface area contributed by atoms with Crippen molar-refractivity contribution in [3.05, 3.63) is 11.6 Å². The minimum atomic E-state index is 0.735. The van der Waals surface area contributed by atoms with Gasteiger partial charge in [-0.3, -0.25) is 0 Å². The zero-order chi connectivity index (χ0) is 10.3. The van der Waals surface area contributed by atoms with Crippen LogP contribution in [-0.2, 0) is 5.75 Å². The molecule has 15 heavy (non-hydrogen) atoms. The van der Waals surface area contributed by atoms with Gasteiger partial charge in [-0.2, -0.15) is 11.8 Å². The van der Waals surface area contributed by atoms with Gasteiger partial charge in [-0.05, 0) is 31.4 Å². The summed E-state index contributed by atoms with van der Waals surface area (Å²) in [6.45, 7) is 2.20. The van der Waals surface area contributed by atoms with Crippen molar-refractivity contribution < 1.29 is 0 Å². The third kappa shape index (κ3) is 1.92. The summed E-state index contributed by atoms with van der Waals surface area (Å²) in [5.74, 6) is 5.43. The highest BCUT2D eigenvalue weighted by molar-refractivity contribution is 7.98. The van der Waals surface area contributed by atoms with E-state index in [0.717, 1.165) is 23.5 Å². The summed E-state index contributed by atoms with van der Waals surface area (Å²) in [7, 11) is 0. The van der Waals surface area contributed by atoms with Crippen LogP contribution in [0.25, 0.3) is 0 Å². The van der Waals surface area contributed by atoms with Crippen molar-refractivity contribution in [2.24, 2.45) is 0 Å². The Kier molecular flexibility index (Phi) is 2.47. The van der Waals surface area contributed by atoms with Gasteiger partial charge in [-0.15, -0.1) is 10.2 Å². The fourth-order valence-corrected chi connectivity index (χ4v) is 2.56. The zero-order valence-electron chi connectivity index (χ0n) is 9.15. The van der Waals surface area contributed by atoms with E-state index in [-0.39, 0.29) is 0 Å². The van der Waals surface area contributed by atoms with Crippen molar-refractivity contribution in [1.29, 1.82) is 0 Å². The molecule has 0 radical (unpaired) electrons. The molecule has 0 amide bonds. The number of rotatable bonds is 5. The van der Waals surface area contributed by atoms with Gasteiger partial charge < -0.3 is 4.57 Å². The highest BCUT2D eigenvalue weighted by Crippen LogP contribution is 2.44. The van der Waals surface area contributed by atoms with E-state index in [1.54, 1.807) is 0 Å². The Morgan fingerprint density at radius 3 is 2.67 bits per heavy atom. The molecule has 3 nitrogen and oxygen atoms in total. The van der Waals surface area contributed by atoms with E-state index < -0.39 is 0 Å². The molecule has 0 aliphatic heterocycles. The average molecular weight is 223 g/mol. The van der Waals surface area contributed by atoms with E-state index in [0.29, 0.717) is 0 Å². The molecule has 0 spiro atoms. The summed E-state index contributed by atoms with van der Waals surface area (Å²) in [5, 5.41) is 8.76. The fourth-order valence-electron chi connectivity index (χ4n) is 1.98. The SMILES string of the molecule is CCSCc1nnc(C2CC2)n1C1CC1. The summed E-state index contributed by atoms with van der Waals surface area (Å²) >= 11 is 1.94. The normalized spacial score (nSPS) is 20.9. The molecule has 1 aromatic heterocycles. The molecule has 4 heteroatoms. The number of aromatic nitrogens is 3. The molecular formula is C11H17N3S. The maximum atomic E-state index is 4.39. The van der Waals surface area contributed by atoms with Crippen molar-refractivity contribution in [2.45, 2.75) is 50.3 Å². The van der Waals surface area contributed by atoms with Crippen molar-refractivity contribution >= 4 is 11.8 Å². The van der Waals surface area contributed by atoms with Crippen LogP contribution >= 0.6 is 11.8 Å². The van der Waals surface area contributed by atoms with Crippen LogP contribution in [0.3, 0.4) is 0 Å². The largest absolute Gasteiger partial charge is 0.311 e. The summed E-state index contributed by atoms with van der Waals surface area (Å²) in [4.78, 5) is 0. The fraction of sp³-hybridized carbons (Fsp3) is 0.818. The maximum Gasteiger partial charge on any atom is 0.143 e. The average Bonchev–Trinajstić information content (AvgIpc) is 3.13.